The van der Waals surface area contributed by atoms with Crippen molar-refractivity contribution in [2.24, 2.45) is 5.73 Å². The molecule has 2 aromatic carbocycles. The summed E-state index contributed by atoms with van der Waals surface area (Å²) in [5.74, 6) is -1.77. The van der Waals surface area contributed by atoms with Crippen LogP contribution in [-0.2, 0) is 9.59 Å². The number of carboxylic acid groups (broad SMARTS) is 1. The monoisotopic (exact) mass is 627 g/mol. The van der Waals surface area contributed by atoms with E-state index in [0.717, 1.165) is 0 Å². The number of allylic oxidation sites excluding steroid dienone is 3. The summed E-state index contributed by atoms with van der Waals surface area (Å²) in [4.78, 5) is 41.2. The second kappa shape index (κ2) is 13.3. The number of amides is 2. The number of carbonyl (C=O) groups excluding carboxylic acids is 2. The zero-order valence-electron chi connectivity index (χ0n) is 24.3. The van der Waals surface area contributed by atoms with Crippen molar-refractivity contribution < 1.29 is 28.6 Å². The Morgan fingerprint density at radius 2 is 1.93 bits per heavy atom. The molecule has 2 aliphatic rings. The van der Waals surface area contributed by atoms with Crippen LogP contribution in [0.1, 0.15) is 50.4 Å². The van der Waals surface area contributed by atoms with Crippen LogP contribution in [0.15, 0.2) is 77.0 Å². The van der Waals surface area contributed by atoms with Crippen molar-refractivity contribution in [3.63, 3.8) is 0 Å². The first kappa shape index (κ1) is 32.2. The van der Waals surface area contributed by atoms with Crippen LogP contribution in [0.5, 0.6) is 5.75 Å². The smallest absolute Gasteiger partial charge is 0.307 e. The number of ether oxygens (including phenoxy) is 1. The SMILES string of the molecule is C=C/C(Cl)=C\C1=C(N)SC(C)(C)C(=O)N1C1CCN(C(=O)c2ccc(-c3ccccc3O[C@H](C)CC(=O)O)cc2F)CC1. The second-order valence-corrected chi connectivity index (χ2v) is 13.1. The van der Waals surface area contributed by atoms with Crippen LogP contribution in [0.2, 0.25) is 0 Å². The van der Waals surface area contributed by atoms with Gasteiger partial charge in [-0.1, -0.05) is 60.3 Å². The van der Waals surface area contributed by atoms with Gasteiger partial charge in [0.2, 0.25) is 5.91 Å². The number of halogens is 2. The molecule has 0 saturated carbocycles. The molecule has 0 aromatic heterocycles. The van der Waals surface area contributed by atoms with E-state index >= 15 is 4.39 Å². The number of benzene rings is 2. The largest absolute Gasteiger partial charge is 0.489 e. The highest BCUT2D eigenvalue weighted by molar-refractivity contribution is 8.05. The Bertz CT molecular complexity index is 1500. The van der Waals surface area contributed by atoms with E-state index in [1.54, 1.807) is 53.1 Å². The quantitative estimate of drug-likeness (QED) is 0.322. The Balaban J connectivity index is 1.50. The lowest BCUT2D eigenvalue weighted by Gasteiger charge is -2.44. The molecule has 2 heterocycles. The van der Waals surface area contributed by atoms with Crippen molar-refractivity contribution in [1.82, 2.24) is 9.80 Å². The third kappa shape index (κ3) is 7.25. The summed E-state index contributed by atoms with van der Waals surface area (Å²) in [5, 5.41) is 9.88. The first-order chi connectivity index (χ1) is 20.3. The lowest BCUT2D eigenvalue weighted by molar-refractivity contribution is -0.138. The molecule has 1 atom stereocenters. The van der Waals surface area contributed by atoms with Crippen molar-refractivity contribution >= 4 is 41.1 Å². The number of aliphatic carboxylic acids is 1. The first-order valence-electron chi connectivity index (χ1n) is 13.9. The van der Waals surface area contributed by atoms with Crippen LogP contribution in [0.25, 0.3) is 11.1 Å². The van der Waals surface area contributed by atoms with Gasteiger partial charge in [-0.15, -0.1) is 0 Å². The molecule has 0 spiro atoms. The van der Waals surface area contributed by atoms with Crippen LogP contribution in [-0.4, -0.2) is 62.7 Å². The molecule has 11 heteroatoms. The second-order valence-electron chi connectivity index (χ2n) is 11.0. The fourth-order valence-corrected chi connectivity index (χ4v) is 6.35. The van der Waals surface area contributed by atoms with E-state index in [1.165, 1.54) is 30.0 Å². The molecule has 0 bridgehead atoms. The highest BCUT2D eigenvalue weighted by atomic mass is 35.5. The molecule has 1 saturated heterocycles. The van der Waals surface area contributed by atoms with Gasteiger partial charge in [0.15, 0.2) is 0 Å². The highest BCUT2D eigenvalue weighted by Gasteiger charge is 2.44. The zero-order chi connectivity index (χ0) is 31.5. The molecule has 0 radical (unpaired) electrons. The van der Waals surface area contributed by atoms with Gasteiger partial charge in [0.05, 0.1) is 27.5 Å². The summed E-state index contributed by atoms with van der Waals surface area (Å²) in [6.45, 7) is 9.62. The molecular weight excluding hydrogens is 593 g/mol. The van der Waals surface area contributed by atoms with Crippen LogP contribution in [0.3, 0.4) is 0 Å². The molecule has 43 heavy (non-hydrogen) atoms. The third-order valence-corrected chi connectivity index (χ3v) is 8.76. The Labute approximate surface area is 260 Å². The van der Waals surface area contributed by atoms with Crippen LogP contribution in [0, 0.1) is 5.82 Å². The predicted octanol–water partition coefficient (Wildman–Crippen LogP) is 6.13. The lowest BCUT2D eigenvalue weighted by atomic mass is 9.98. The highest BCUT2D eigenvalue weighted by Crippen LogP contribution is 2.42. The van der Waals surface area contributed by atoms with Gasteiger partial charge in [0.1, 0.15) is 17.7 Å². The van der Waals surface area contributed by atoms with Crippen LogP contribution >= 0.6 is 23.4 Å². The molecule has 2 aromatic rings. The standard InChI is InChI=1S/C32H35ClFN3O5S/c1-5-21(33)18-26-29(35)43-32(3,4)31(41)37(26)22-12-14-36(15-13-22)30(40)24-11-10-20(17-25(24)34)23-8-6-7-9-27(23)42-19(2)16-28(38)39/h5-11,17-19,22H,1,12-16,35H2,2-4H3,(H,38,39)/b21-18+/t19-/m1/s1. The van der Waals surface area contributed by atoms with E-state index in [-0.39, 0.29) is 23.9 Å². The van der Waals surface area contributed by atoms with Gasteiger partial charge in [-0.25, -0.2) is 4.39 Å². The van der Waals surface area contributed by atoms with E-state index in [0.29, 0.717) is 58.6 Å². The summed E-state index contributed by atoms with van der Waals surface area (Å²) >= 11 is 7.50. The van der Waals surface area contributed by atoms with Crippen molar-refractivity contribution in [1.29, 1.82) is 0 Å². The number of rotatable bonds is 9. The maximum atomic E-state index is 15.4. The molecule has 1 fully saturated rings. The topological polar surface area (TPSA) is 113 Å². The minimum atomic E-state index is -0.983. The number of hydrogen-bond acceptors (Lipinski definition) is 6. The fraction of sp³-hybridized carbons (Fsp3) is 0.344. The number of likely N-dealkylation sites (tertiary alicyclic amines) is 1. The lowest BCUT2D eigenvalue weighted by Crippen LogP contribution is -2.54. The first-order valence-corrected chi connectivity index (χ1v) is 15.1. The summed E-state index contributed by atoms with van der Waals surface area (Å²) in [6.07, 6.45) is 3.30. The third-order valence-electron chi connectivity index (χ3n) is 7.39. The maximum Gasteiger partial charge on any atom is 0.307 e. The summed E-state index contributed by atoms with van der Waals surface area (Å²) in [6, 6.07) is 11.1. The van der Waals surface area contributed by atoms with Crippen LogP contribution < -0.4 is 10.5 Å². The van der Waals surface area contributed by atoms with Crippen molar-refractivity contribution in [3.8, 4) is 16.9 Å². The van der Waals surface area contributed by atoms with Crippen LogP contribution in [0.4, 0.5) is 4.39 Å². The summed E-state index contributed by atoms with van der Waals surface area (Å²) in [7, 11) is 0. The van der Waals surface area contributed by atoms with Gasteiger partial charge >= 0.3 is 5.97 Å². The zero-order valence-corrected chi connectivity index (χ0v) is 25.9. The fourth-order valence-electron chi connectivity index (χ4n) is 5.25. The average Bonchev–Trinajstić information content (AvgIpc) is 2.95. The van der Waals surface area contributed by atoms with Gasteiger partial charge in [-0.05, 0) is 63.5 Å². The Hall–Kier alpha value is -3.76. The van der Waals surface area contributed by atoms with E-state index in [2.05, 4.69) is 6.58 Å². The van der Waals surface area contributed by atoms with Gasteiger partial charge in [0, 0.05) is 29.7 Å². The number of para-hydroxylation sites is 1. The molecule has 2 amide bonds. The van der Waals surface area contributed by atoms with E-state index in [1.807, 2.05) is 13.8 Å². The predicted molar refractivity (Wildman–Crippen MR) is 167 cm³/mol. The van der Waals surface area contributed by atoms with E-state index in [9.17, 15) is 14.4 Å². The molecule has 0 unspecified atom stereocenters. The number of thioether (sulfide) groups is 1. The Morgan fingerprint density at radius 1 is 1.26 bits per heavy atom. The van der Waals surface area contributed by atoms with Gasteiger partial charge in [0.25, 0.3) is 5.91 Å². The van der Waals surface area contributed by atoms with Gasteiger partial charge < -0.3 is 25.4 Å². The van der Waals surface area contributed by atoms with Gasteiger partial charge in [-0.3, -0.25) is 14.4 Å². The minimum absolute atomic E-state index is 0.0584. The van der Waals surface area contributed by atoms with Gasteiger partial charge in [-0.2, -0.15) is 0 Å². The number of hydrogen-bond donors (Lipinski definition) is 2. The molecule has 8 nitrogen and oxygen atoms in total. The van der Waals surface area contributed by atoms with Crippen molar-refractivity contribution in [2.45, 2.75) is 56.9 Å². The Morgan fingerprint density at radius 3 is 2.56 bits per heavy atom. The summed E-state index contributed by atoms with van der Waals surface area (Å²) in [5.41, 5.74) is 7.91. The minimum Gasteiger partial charge on any atom is -0.489 e. The molecule has 2 aliphatic heterocycles. The van der Waals surface area contributed by atoms with Crippen molar-refractivity contribution in [3.05, 3.63) is 88.3 Å². The maximum absolute atomic E-state index is 15.4. The normalized spacial score (nSPS) is 18.4. The number of nitrogens with zero attached hydrogens (tertiary/aromatic N) is 2. The van der Waals surface area contributed by atoms with E-state index < -0.39 is 28.5 Å². The summed E-state index contributed by atoms with van der Waals surface area (Å²) < 4.78 is 20.4. The molecule has 0 aliphatic carbocycles. The molecular formula is C32H35ClFN3O5S. The number of carboxylic acids is 1. The van der Waals surface area contributed by atoms with E-state index in [4.69, 9.17) is 27.2 Å². The Kier molecular flexibility index (Phi) is 9.92. The average molecular weight is 628 g/mol. The molecule has 4 rings (SSSR count). The molecule has 228 valence electrons. The number of nitrogens with two attached hydrogens (primary N) is 1. The molecule has 3 N–H and O–H groups in total. The van der Waals surface area contributed by atoms with Crippen molar-refractivity contribution in [2.75, 3.05) is 13.1 Å². The number of carbonyl (C=O) groups is 3. The number of piperidine rings is 1.